The number of benzene rings is 1. The highest BCUT2D eigenvalue weighted by Crippen LogP contribution is 2.03. The van der Waals surface area contributed by atoms with Crippen LogP contribution in [0.15, 0.2) is 30.3 Å². The van der Waals surface area contributed by atoms with Crippen molar-refractivity contribution in [1.82, 2.24) is 0 Å². The summed E-state index contributed by atoms with van der Waals surface area (Å²) in [5.41, 5.74) is 1.02. The molecular formula is C11H16O4. The van der Waals surface area contributed by atoms with Crippen molar-refractivity contribution in [3.05, 3.63) is 35.9 Å². The average Bonchev–Trinajstić information content (AvgIpc) is 2.31. The van der Waals surface area contributed by atoms with E-state index in [0.717, 1.165) is 5.56 Å². The Kier molecular flexibility index (Phi) is 5.96. The minimum atomic E-state index is -0.669. The molecule has 0 saturated carbocycles. The van der Waals surface area contributed by atoms with E-state index in [1.165, 1.54) is 0 Å². The van der Waals surface area contributed by atoms with Gasteiger partial charge >= 0.3 is 0 Å². The van der Waals surface area contributed by atoms with Gasteiger partial charge in [-0.1, -0.05) is 30.3 Å². The van der Waals surface area contributed by atoms with Crippen LogP contribution in [0.2, 0.25) is 0 Å². The van der Waals surface area contributed by atoms with Crippen LogP contribution in [-0.4, -0.2) is 36.3 Å². The van der Waals surface area contributed by atoms with Gasteiger partial charge in [-0.2, -0.15) is 0 Å². The number of aliphatic hydroxyl groups excluding tert-OH is 2. The van der Waals surface area contributed by atoms with Crippen LogP contribution in [0, 0.1) is 0 Å². The molecule has 1 unspecified atom stereocenters. The second kappa shape index (κ2) is 7.36. The molecule has 0 bridgehead atoms. The highest BCUT2D eigenvalue weighted by atomic mass is 16.7. The zero-order valence-electron chi connectivity index (χ0n) is 8.50. The van der Waals surface area contributed by atoms with E-state index in [1.54, 1.807) is 0 Å². The maximum absolute atomic E-state index is 8.90. The number of aliphatic hydroxyl groups is 2. The summed E-state index contributed by atoms with van der Waals surface area (Å²) in [4.78, 5) is 0. The van der Waals surface area contributed by atoms with E-state index in [1.807, 2.05) is 30.3 Å². The third-order valence-electron chi connectivity index (χ3n) is 1.82. The van der Waals surface area contributed by atoms with Crippen LogP contribution in [0.25, 0.3) is 0 Å². The van der Waals surface area contributed by atoms with Gasteiger partial charge in [-0.05, 0) is 5.56 Å². The third kappa shape index (κ3) is 4.90. The highest BCUT2D eigenvalue weighted by Gasteiger charge is 2.07. The Balaban J connectivity index is 2.28. The Morgan fingerprint density at radius 3 is 2.40 bits per heavy atom. The molecule has 0 aliphatic carbocycles. The van der Waals surface area contributed by atoms with Gasteiger partial charge in [0.15, 0.2) is 6.29 Å². The van der Waals surface area contributed by atoms with Gasteiger partial charge in [0.05, 0.1) is 26.4 Å². The third-order valence-corrected chi connectivity index (χ3v) is 1.82. The van der Waals surface area contributed by atoms with Crippen LogP contribution in [0.4, 0.5) is 0 Å². The minimum Gasteiger partial charge on any atom is -0.394 e. The summed E-state index contributed by atoms with van der Waals surface area (Å²) in [6.07, 6.45) is -0.669. The first kappa shape index (κ1) is 12.1. The molecule has 0 heterocycles. The summed E-state index contributed by atoms with van der Waals surface area (Å²) in [5.74, 6) is 0. The topological polar surface area (TPSA) is 58.9 Å². The number of hydrogen-bond donors (Lipinski definition) is 2. The van der Waals surface area contributed by atoms with Crippen molar-refractivity contribution in [2.24, 2.45) is 0 Å². The van der Waals surface area contributed by atoms with E-state index < -0.39 is 6.29 Å². The molecule has 0 saturated heterocycles. The summed E-state index contributed by atoms with van der Waals surface area (Å²) < 4.78 is 10.3. The molecular weight excluding hydrogens is 196 g/mol. The lowest BCUT2D eigenvalue weighted by Gasteiger charge is -2.15. The maximum Gasteiger partial charge on any atom is 0.181 e. The quantitative estimate of drug-likeness (QED) is 0.647. The molecule has 1 aromatic rings. The molecule has 0 spiro atoms. The fraction of sp³-hybridized carbons (Fsp3) is 0.455. The molecule has 1 aromatic carbocycles. The SMILES string of the molecule is OCCOC(CO)OCc1ccccc1. The molecule has 1 atom stereocenters. The zero-order chi connectivity index (χ0) is 10.9. The molecule has 4 heteroatoms. The van der Waals surface area contributed by atoms with Gasteiger partial charge in [-0.3, -0.25) is 0 Å². The minimum absolute atomic E-state index is 0.0782. The van der Waals surface area contributed by atoms with E-state index in [4.69, 9.17) is 19.7 Å². The molecule has 4 nitrogen and oxygen atoms in total. The van der Waals surface area contributed by atoms with Crippen molar-refractivity contribution in [3.63, 3.8) is 0 Å². The van der Waals surface area contributed by atoms with E-state index >= 15 is 0 Å². The predicted molar refractivity (Wildman–Crippen MR) is 55.1 cm³/mol. The summed E-state index contributed by atoms with van der Waals surface area (Å²) in [6, 6.07) is 9.62. The standard InChI is InChI=1S/C11H16O4/c12-6-7-14-11(8-13)15-9-10-4-2-1-3-5-10/h1-5,11-13H,6-9H2. The molecule has 0 amide bonds. The van der Waals surface area contributed by atoms with Gasteiger partial charge < -0.3 is 19.7 Å². The van der Waals surface area contributed by atoms with E-state index in [0.29, 0.717) is 6.61 Å². The van der Waals surface area contributed by atoms with Crippen molar-refractivity contribution in [2.75, 3.05) is 19.8 Å². The fourth-order valence-electron chi connectivity index (χ4n) is 1.10. The van der Waals surface area contributed by atoms with Gasteiger partial charge in [0.2, 0.25) is 0 Å². The Bertz CT molecular complexity index is 250. The second-order valence-electron chi connectivity index (χ2n) is 3.00. The van der Waals surface area contributed by atoms with Gasteiger partial charge in [0, 0.05) is 0 Å². The Morgan fingerprint density at radius 2 is 1.80 bits per heavy atom. The molecule has 0 fully saturated rings. The highest BCUT2D eigenvalue weighted by molar-refractivity contribution is 5.13. The average molecular weight is 212 g/mol. The Labute approximate surface area is 89.1 Å². The first-order valence-corrected chi connectivity index (χ1v) is 4.85. The van der Waals surface area contributed by atoms with Gasteiger partial charge in [-0.25, -0.2) is 0 Å². The smallest absolute Gasteiger partial charge is 0.181 e. The van der Waals surface area contributed by atoms with Crippen molar-refractivity contribution in [1.29, 1.82) is 0 Å². The summed E-state index contributed by atoms with van der Waals surface area (Å²) >= 11 is 0. The normalized spacial score (nSPS) is 12.7. The van der Waals surface area contributed by atoms with Crippen LogP contribution in [0.5, 0.6) is 0 Å². The van der Waals surface area contributed by atoms with Crippen molar-refractivity contribution >= 4 is 0 Å². The summed E-state index contributed by atoms with van der Waals surface area (Å²) in [6.45, 7) is 0.259. The van der Waals surface area contributed by atoms with Gasteiger partial charge in [0.25, 0.3) is 0 Å². The Morgan fingerprint density at radius 1 is 1.07 bits per heavy atom. The zero-order valence-corrected chi connectivity index (χ0v) is 8.50. The van der Waals surface area contributed by atoms with E-state index in [-0.39, 0.29) is 19.8 Å². The molecule has 0 aliphatic rings. The summed E-state index contributed by atoms with van der Waals surface area (Å²) in [7, 11) is 0. The lowest BCUT2D eigenvalue weighted by molar-refractivity contribution is -0.173. The molecule has 15 heavy (non-hydrogen) atoms. The van der Waals surface area contributed by atoms with Gasteiger partial charge in [-0.15, -0.1) is 0 Å². The van der Waals surface area contributed by atoms with Crippen LogP contribution in [0.3, 0.4) is 0 Å². The fourth-order valence-corrected chi connectivity index (χ4v) is 1.10. The lowest BCUT2D eigenvalue weighted by Crippen LogP contribution is -2.23. The van der Waals surface area contributed by atoms with Crippen molar-refractivity contribution in [2.45, 2.75) is 12.9 Å². The maximum atomic E-state index is 8.90. The molecule has 0 aliphatic heterocycles. The monoisotopic (exact) mass is 212 g/mol. The second-order valence-corrected chi connectivity index (χ2v) is 3.00. The molecule has 84 valence electrons. The molecule has 0 radical (unpaired) electrons. The van der Waals surface area contributed by atoms with Crippen LogP contribution in [0.1, 0.15) is 5.56 Å². The first-order valence-electron chi connectivity index (χ1n) is 4.85. The lowest BCUT2D eigenvalue weighted by atomic mass is 10.2. The van der Waals surface area contributed by atoms with Crippen molar-refractivity contribution < 1.29 is 19.7 Å². The molecule has 1 rings (SSSR count). The first-order chi connectivity index (χ1) is 7.36. The largest absolute Gasteiger partial charge is 0.394 e. The van der Waals surface area contributed by atoms with Crippen LogP contribution >= 0.6 is 0 Å². The van der Waals surface area contributed by atoms with E-state index in [2.05, 4.69) is 0 Å². The van der Waals surface area contributed by atoms with Crippen LogP contribution in [-0.2, 0) is 16.1 Å². The number of ether oxygens (including phenoxy) is 2. The van der Waals surface area contributed by atoms with Gasteiger partial charge in [0.1, 0.15) is 0 Å². The summed E-state index contributed by atoms with van der Waals surface area (Å²) in [5, 5.41) is 17.4. The van der Waals surface area contributed by atoms with Crippen LogP contribution < -0.4 is 0 Å². The van der Waals surface area contributed by atoms with Crippen molar-refractivity contribution in [3.8, 4) is 0 Å². The number of rotatable bonds is 7. The molecule has 2 N–H and O–H groups in total. The van der Waals surface area contributed by atoms with E-state index in [9.17, 15) is 0 Å². The Hall–Kier alpha value is -0.940. The number of hydrogen-bond acceptors (Lipinski definition) is 4. The predicted octanol–water partition coefficient (Wildman–Crippen LogP) is 0.530. The molecule has 0 aromatic heterocycles.